The first-order valence-electron chi connectivity index (χ1n) is 5.89. The molecule has 0 aliphatic rings. The Balaban J connectivity index is 1.77. The molecule has 18 heavy (non-hydrogen) atoms. The number of hydrogen-bond acceptors (Lipinski definition) is 2. The number of benzene rings is 2. The summed E-state index contributed by atoms with van der Waals surface area (Å²) in [7, 11) is 0. The molecule has 2 aromatic carbocycles. The third kappa shape index (κ3) is 3.84. The Bertz CT molecular complexity index is 499. The molecular weight excluding hydrogens is 246 g/mol. The topological polar surface area (TPSA) is 21.3 Å². The van der Waals surface area contributed by atoms with Crippen LogP contribution in [0.5, 0.6) is 0 Å². The predicted molar refractivity (Wildman–Crippen MR) is 74.3 cm³/mol. The minimum absolute atomic E-state index is 0.563. The Labute approximate surface area is 113 Å². The fraction of sp³-hybridized carbons (Fsp3) is 0.200. The molecule has 3 heteroatoms. The Morgan fingerprint density at radius 1 is 1.06 bits per heavy atom. The van der Waals surface area contributed by atoms with Gasteiger partial charge in [-0.15, -0.1) is 0 Å². The lowest BCUT2D eigenvalue weighted by Crippen LogP contribution is -2.13. The van der Waals surface area contributed by atoms with E-state index < -0.39 is 0 Å². The first-order chi connectivity index (χ1) is 8.75. The van der Waals surface area contributed by atoms with Gasteiger partial charge in [0.15, 0.2) is 0 Å². The van der Waals surface area contributed by atoms with E-state index in [1.54, 1.807) is 0 Å². The first-order valence-corrected chi connectivity index (χ1v) is 6.27. The lowest BCUT2D eigenvalue weighted by Gasteiger charge is -2.07. The van der Waals surface area contributed by atoms with Crippen molar-refractivity contribution in [2.75, 3.05) is 0 Å². The standard InChI is InChI=1S/C15H16ClNO/c1-12-9-14(7-8-15(12)16)10-17-18-11-13-5-3-2-4-6-13/h2-9,17H,10-11H2,1H3. The van der Waals surface area contributed by atoms with Gasteiger partial charge in [0.1, 0.15) is 0 Å². The van der Waals surface area contributed by atoms with Crippen LogP contribution in [0.4, 0.5) is 0 Å². The van der Waals surface area contributed by atoms with Crippen LogP contribution in [0.2, 0.25) is 5.02 Å². The SMILES string of the molecule is Cc1cc(CNOCc2ccccc2)ccc1Cl. The number of halogens is 1. The molecule has 0 unspecified atom stereocenters. The van der Waals surface area contributed by atoms with Crippen molar-refractivity contribution in [1.82, 2.24) is 5.48 Å². The second-order valence-electron chi connectivity index (χ2n) is 4.18. The van der Waals surface area contributed by atoms with E-state index in [0.717, 1.165) is 21.7 Å². The summed E-state index contributed by atoms with van der Waals surface area (Å²) in [6.45, 7) is 3.23. The van der Waals surface area contributed by atoms with Gasteiger partial charge >= 0.3 is 0 Å². The van der Waals surface area contributed by atoms with Gasteiger partial charge in [0, 0.05) is 11.6 Å². The van der Waals surface area contributed by atoms with E-state index in [1.165, 1.54) is 0 Å². The molecule has 0 aromatic heterocycles. The zero-order valence-electron chi connectivity index (χ0n) is 10.3. The van der Waals surface area contributed by atoms with Crippen LogP contribution in [-0.2, 0) is 18.0 Å². The van der Waals surface area contributed by atoms with Crippen LogP contribution in [-0.4, -0.2) is 0 Å². The summed E-state index contributed by atoms with van der Waals surface area (Å²) in [4.78, 5) is 5.41. The van der Waals surface area contributed by atoms with Crippen molar-refractivity contribution in [2.24, 2.45) is 0 Å². The van der Waals surface area contributed by atoms with Crippen LogP contribution in [0, 0.1) is 6.92 Å². The molecule has 0 spiro atoms. The van der Waals surface area contributed by atoms with Gasteiger partial charge in [0.2, 0.25) is 0 Å². The highest BCUT2D eigenvalue weighted by atomic mass is 35.5. The maximum Gasteiger partial charge on any atom is 0.0933 e. The lowest BCUT2D eigenvalue weighted by atomic mass is 10.1. The van der Waals surface area contributed by atoms with Gasteiger partial charge in [0.05, 0.1) is 6.61 Å². The zero-order chi connectivity index (χ0) is 12.8. The summed E-state index contributed by atoms with van der Waals surface area (Å²) in [5.74, 6) is 0. The number of aryl methyl sites for hydroxylation is 1. The number of hydrogen-bond donors (Lipinski definition) is 1. The fourth-order valence-electron chi connectivity index (χ4n) is 1.66. The van der Waals surface area contributed by atoms with Gasteiger partial charge in [0.25, 0.3) is 0 Å². The van der Waals surface area contributed by atoms with Gasteiger partial charge in [-0.2, -0.15) is 5.48 Å². The molecule has 0 saturated heterocycles. The summed E-state index contributed by atoms with van der Waals surface area (Å²) in [5, 5.41) is 0.795. The first kappa shape index (κ1) is 13.1. The summed E-state index contributed by atoms with van der Waals surface area (Å²) in [6.07, 6.45) is 0. The quantitative estimate of drug-likeness (QED) is 0.652. The maximum absolute atomic E-state index is 5.97. The highest BCUT2D eigenvalue weighted by molar-refractivity contribution is 6.31. The van der Waals surface area contributed by atoms with Crippen molar-refractivity contribution in [2.45, 2.75) is 20.1 Å². The third-order valence-electron chi connectivity index (χ3n) is 2.68. The largest absolute Gasteiger partial charge is 0.297 e. The molecule has 1 N–H and O–H groups in total. The minimum Gasteiger partial charge on any atom is -0.297 e. The molecule has 0 bridgehead atoms. The van der Waals surface area contributed by atoms with Crippen molar-refractivity contribution in [3.63, 3.8) is 0 Å². The maximum atomic E-state index is 5.97. The van der Waals surface area contributed by atoms with Crippen LogP contribution in [0.3, 0.4) is 0 Å². The molecule has 0 aliphatic carbocycles. The van der Waals surface area contributed by atoms with Crippen molar-refractivity contribution in [3.05, 3.63) is 70.2 Å². The number of nitrogens with one attached hydrogen (secondary N) is 1. The number of hydroxylamine groups is 1. The van der Waals surface area contributed by atoms with Crippen LogP contribution in [0.25, 0.3) is 0 Å². The van der Waals surface area contributed by atoms with Crippen LogP contribution >= 0.6 is 11.6 Å². The monoisotopic (exact) mass is 261 g/mol. The van der Waals surface area contributed by atoms with E-state index in [2.05, 4.69) is 11.5 Å². The molecule has 94 valence electrons. The molecule has 0 radical (unpaired) electrons. The van der Waals surface area contributed by atoms with E-state index in [9.17, 15) is 0 Å². The average molecular weight is 262 g/mol. The van der Waals surface area contributed by atoms with Gasteiger partial charge < -0.3 is 0 Å². The molecule has 0 fully saturated rings. The van der Waals surface area contributed by atoms with E-state index in [4.69, 9.17) is 16.4 Å². The lowest BCUT2D eigenvalue weighted by molar-refractivity contribution is 0.0235. The summed E-state index contributed by atoms with van der Waals surface area (Å²) < 4.78 is 0. The average Bonchev–Trinajstić information content (AvgIpc) is 2.40. The summed E-state index contributed by atoms with van der Waals surface area (Å²) in [5.41, 5.74) is 6.34. The van der Waals surface area contributed by atoms with Gasteiger partial charge in [-0.1, -0.05) is 54.1 Å². The smallest absolute Gasteiger partial charge is 0.0933 e. The normalized spacial score (nSPS) is 10.6. The molecule has 2 aromatic rings. The summed E-state index contributed by atoms with van der Waals surface area (Å²) >= 11 is 5.97. The second-order valence-corrected chi connectivity index (χ2v) is 4.59. The minimum atomic E-state index is 0.563. The Morgan fingerprint density at radius 3 is 2.56 bits per heavy atom. The Morgan fingerprint density at radius 2 is 1.83 bits per heavy atom. The highest BCUT2D eigenvalue weighted by Crippen LogP contribution is 2.16. The van der Waals surface area contributed by atoms with E-state index in [0.29, 0.717) is 13.2 Å². The van der Waals surface area contributed by atoms with Crippen molar-refractivity contribution in [1.29, 1.82) is 0 Å². The van der Waals surface area contributed by atoms with Gasteiger partial charge in [-0.05, 0) is 29.7 Å². The third-order valence-corrected chi connectivity index (χ3v) is 3.11. The van der Waals surface area contributed by atoms with E-state index >= 15 is 0 Å². The molecule has 0 atom stereocenters. The van der Waals surface area contributed by atoms with Crippen LogP contribution in [0.1, 0.15) is 16.7 Å². The van der Waals surface area contributed by atoms with Gasteiger partial charge in [-0.3, -0.25) is 4.84 Å². The van der Waals surface area contributed by atoms with Crippen molar-refractivity contribution >= 4 is 11.6 Å². The van der Waals surface area contributed by atoms with Crippen molar-refractivity contribution in [3.8, 4) is 0 Å². The van der Waals surface area contributed by atoms with Crippen LogP contribution < -0.4 is 5.48 Å². The molecule has 0 aliphatic heterocycles. The number of rotatable bonds is 5. The Hall–Kier alpha value is -1.35. The van der Waals surface area contributed by atoms with Crippen molar-refractivity contribution < 1.29 is 4.84 Å². The molecular formula is C15H16ClNO. The fourth-order valence-corrected chi connectivity index (χ4v) is 1.78. The zero-order valence-corrected chi connectivity index (χ0v) is 11.1. The summed E-state index contributed by atoms with van der Waals surface area (Å²) in [6, 6.07) is 16.0. The van der Waals surface area contributed by atoms with E-state index in [1.807, 2.05) is 49.4 Å². The highest BCUT2D eigenvalue weighted by Gasteiger charge is 1.98. The van der Waals surface area contributed by atoms with Crippen LogP contribution in [0.15, 0.2) is 48.5 Å². The second kappa shape index (κ2) is 6.55. The Kier molecular flexibility index (Phi) is 4.76. The molecule has 0 amide bonds. The molecule has 2 rings (SSSR count). The molecule has 0 saturated carbocycles. The predicted octanol–water partition coefficient (Wildman–Crippen LogP) is 3.87. The molecule has 2 nitrogen and oxygen atoms in total. The molecule has 0 heterocycles. The van der Waals surface area contributed by atoms with E-state index in [-0.39, 0.29) is 0 Å². The van der Waals surface area contributed by atoms with Gasteiger partial charge in [-0.25, -0.2) is 0 Å².